The molecule has 0 fully saturated rings. The number of hydrogen-bond donors (Lipinski definition) is 2. The van der Waals surface area contributed by atoms with E-state index in [1.165, 1.54) is 23.1 Å². The summed E-state index contributed by atoms with van der Waals surface area (Å²) in [5.74, 6) is 0.570. The third kappa shape index (κ3) is 4.34. The summed E-state index contributed by atoms with van der Waals surface area (Å²) in [7, 11) is 0. The van der Waals surface area contributed by atoms with Gasteiger partial charge in [-0.1, -0.05) is 59.5 Å². The maximum absolute atomic E-state index is 10.0. The summed E-state index contributed by atoms with van der Waals surface area (Å²) >= 11 is 2.99. The first-order valence-electron chi connectivity index (χ1n) is 5.83. The van der Waals surface area contributed by atoms with Crippen LogP contribution in [0.5, 0.6) is 0 Å². The third-order valence-electron chi connectivity index (χ3n) is 2.35. The Hall–Kier alpha value is -1.37. The predicted octanol–water partition coefficient (Wildman–Crippen LogP) is 2.96. The molecule has 0 amide bonds. The van der Waals surface area contributed by atoms with E-state index in [9.17, 15) is 5.11 Å². The number of aliphatic hydroxyl groups is 1. The second-order valence-electron chi connectivity index (χ2n) is 3.78. The fourth-order valence-corrected chi connectivity index (χ4v) is 3.17. The lowest BCUT2D eigenvalue weighted by molar-refractivity contribution is 0.204. The molecule has 0 bridgehead atoms. The van der Waals surface area contributed by atoms with Gasteiger partial charge in [-0.3, -0.25) is 0 Å². The zero-order chi connectivity index (χ0) is 13.5. The van der Waals surface area contributed by atoms with Gasteiger partial charge in [0.1, 0.15) is 0 Å². The lowest BCUT2D eigenvalue weighted by atomic mass is 10.1. The van der Waals surface area contributed by atoms with Crippen LogP contribution in [0.4, 0.5) is 5.13 Å². The summed E-state index contributed by atoms with van der Waals surface area (Å²) in [5.41, 5.74) is 0.921. The highest BCUT2D eigenvalue weighted by Crippen LogP contribution is 2.28. The van der Waals surface area contributed by atoms with Crippen LogP contribution in [0.3, 0.4) is 0 Å². The van der Waals surface area contributed by atoms with Gasteiger partial charge in [-0.15, -0.1) is 16.8 Å². The molecule has 100 valence electrons. The molecule has 1 aromatic heterocycles. The summed E-state index contributed by atoms with van der Waals surface area (Å²) in [6.07, 6.45) is 1.28. The average molecular weight is 293 g/mol. The number of benzene rings is 1. The van der Waals surface area contributed by atoms with E-state index in [0.29, 0.717) is 12.3 Å². The molecule has 0 saturated carbocycles. The van der Waals surface area contributed by atoms with Crippen molar-refractivity contribution in [3.8, 4) is 0 Å². The Morgan fingerprint density at radius 2 is 2.16 bits per heavy atom. The monoisotopic (exact) mass is 293 g/mol. The van der Waals surface area contributed by atoms with Crippen molar-refractivity contribution in [3.05, 3.63) is 48.6 Å². The van der Waals surface area contributed by atoms with E-state index in [1.54, 1.807) is 6.08 Å². The lowest BCUT2D eigenvalue weighted by Gasteiger charge is -2.08. The molecule has 1 atom stereocenters. The Kier molecular flexibility index (Phi) is 5.38. The molecule has 2 rings (SSSR count). The van der Waals surface area contributed by atoms with Crippen molar-refractivity contribution < 1.29 is 5.11 Å². The molecule has 19 heavy (non-hydrogen) atoms. The molecule has 4 nitrogen and oxygen atoms in total. The molecule has 0 aliphatic carbocycles. The number of rotatable bonds is 7. The van der Waals surface area contributed by atoms with Gasteiger partial charge in [0.25, 0.3) is 0 Å². The summed E-state index contributed by atoms with van der Waals surface area (Å²) in [6, 6.07) is 9.62. The zero-order valence-corrected chi connectivity index (χ0v) is 12.0. The Balaban J connectivity index is 1.85. The zero-order valence-electron chi connectivity index (χ0n) is 10.3. The van der Waals surface area contributed by atoms with Crippen molar-refractivity contribution in [2.45, 2.75) is 10.4 Å². The third-order valence-corrected chi connectivity index (χ3v) is 4.44. The van der Waals surface area contributed by atoms with E-state index in [-0.39, 0.29) is 0 Å². The van der Waals surface area contributed by atoms with Crippen molar-refractivity contribution in [3.63, 3.8) is 0 Å². The van der Waals surface area contributed by atoms with Crippen molar-refractivity contribution in [2.75, 3.05) is 17.6 Å². The van der Waals surface area contributed by atoms with Crippen molar-refractivity contribution in [1.29, 1.82) is 0 Å². The van der Waals surface area contributed by atoms with Crippen LogP contribution in [0.25, 0.3) is 0 Å². The minimum Gasteiger partial charge on any atom is -0.388 e. The van der Waals surface area contributed by atoms with Crippen LogP contribution in [0.2, 0.25) is 0 Å². The van der Waals surface area contributed by atoms with Gasteiger partial charge < -0.3 is 10.4 Å². The van der Waals surface area contributed by atoms with E-state index in [4.69, 9.17) is 0 Å². The highest BCUT2D eigenvalue weighted by Gasteiger charge is 2.10. The molecule has 1 aromatic carbocycles. The SMILES string of the molecule is C=CCNc1nnc(SCC(O)c2ccccc2)s1. The van der Waals surface area contributed by atoms with Crippen LogP contribution in [0.1, 0.15) is 11.7 Å². The molecule has 0 spiro atoms. The number of aromatic nitrogens is 2. The van der Waals surface area contributed by atoms with Crippen LogP contribution in [0.15, 0.2) is 47.3 Å². The highest BCUT2D eigenvalue weighted by molar-refractivity contribution is 8.01. The Labute approximate surface area is 120 Å². The molecule has 0 radical (unpaired) electrons. The van der Waals surface area contributed by atoms with Gasteiger partial charge in [0.05, 0.1) is 6.10 Å². The minimum atomic E-state index is -0.486. The van der Waals surface area contributed by atoms with Crippen molar-refractivity contribution >= 4 is 28.2 Å². The van der Waals surface area contributed by atoms with Gasteiger partial charge >= 0.3 is 0 Å². The number of nitrogens with zero attached hydrogens (tertiary/aromatic N) is 2. The largest absolute Gasteiger partial charge is 0.388 e. The standard InChI is InChI=1S/C13H15N3OS2/c1-2-8-14-12-15-16-13(19-12)18-9-11(17)10-6-4-3-5-7-10/h2-7,11,17H,1,8-9H2,(H,14,15). The topological polar surface area (TPSA) is 58.0 Å². The molecule has 6 heteroatoms. The van der Waals surface area contributed by atoms with E-state index >= 15 is 0 Å². The molecular weight excluding hydrogens is 278 g/mol. The Morgan fingerprint density at radius 3 is 2.89 bits per heavy atom. The van der Waals surface area contributed by atoms with Crippen LogP contribution < -0.4 is 5.32 Å². The molecule has 0 aliphatic heterocycles. The summed E-state index contributed by atoms with van der Waals surface area (Å²) in [5, 5.41) is 22.0. The van der Waals surface area contributed by atoms with Gasteiger partial charge in [0, 0.05) is 12.3 Å². The molecule has 2 aromatic rings. The smallest absolute Gasteiger partial charge is 0.206 e. The second-order valence-corrected chi connectivity index (χ2v) is 6.02. The van der Waals surface area contributed by atoms with Crippen LogP contribution >= 0.6 is 23.1 Å². The summed E-state index contributed by atoms with van der Waals surface area (Å²) in [4.78, 5) is 0. The van der Waals surface area contributed by atoms with E-state index < -0.39 is 6.10 Å². The van der Waals surface area contributed by atoms with E-state index in [1.807, 2.05) is 30.3 Å². The first-order chi connectivity index (χ1) is 9.29. The van der Waals surface area contributed by atoms with Gasteiger partial charge in [-0.2, -0.15) is 0 Å². The number of hydrogen-bond acceptors (Lipinski definition) is 6. The Morgan fingerprint density at radius 1 is 1.37 bits per heavy atom. The van der Waals surface area contributed by atoms with Gasteiger partial charge in [0.2, 0.25) is 5.13 Å². The minimum absolute atomic E-state index is 0.486. The van der Waals surface area contributed by atoms with E-state index in [2.05, 4.69) is 22.1 Å². The van der Waals surface area contributed by atoms with Gasteiger partial charge in [-0.25, -0.2) is 0 Å². The fourth-order valence-electron chi connectivity index (χ4n) is 1.42. The summed E-state index contributed by atoms with van der Waals surface area (Å²) < 4.78 is 0.849. The second kappa shape index (κ2) is 7.28. The first kappa shape index (κ1) is 14.0. The maximum atomic E-state index is 10.0. The van der Waals surface area contributed by atoms with Crippen LogP contribution in [-0.4, -0.2) is 27.6 Å². The normalized spacial score (nSPS) is 12.1. The summed E-state index contributed by atoms with van der Waals surface area (Å²) in [6.45, 7) is 4.30. The fraction of sp³-hybridized carbons (Fsp3) is 0.231. The quantitative estimate of drug-likeness (QED) is 0.607. The lowest BCUT2D eigenvalue weighted by Crippen LogP contribution is -1.99. The number of nitrogens with one attached hydrogen (secondary N) is 1. The highest BCUT2D eigenvalue weighted by atomic mass is 32.2. The molecule has 1 heterocycles. The first-order valence-corrected chi connectivity index (χ1v) is 7.64. The van der Waals surface area contributed by atoms with Gasteiger partial charge in [0.15, 0.2) is 4.34 Å². The predicted molar refractivity (Wildman–Crippen MR) is 80.7 cm³/mol. The maximum Gasteiger partial charge on any atom is 0.206 e. The molecular formula is C13H15N3OS2. The molecule has 0 aliphatic rings. The average Bonchev–Trinajstić information content (AvgIpc) is 2.91. The van der Waals surface area contributed by atoms with Crippen molar-refractivity contribution in [1.82, 2.24) is 10.2 Å². The van der Waals surface area contributed by atoms with E-state index in [0.717, 1.165) is 15.0 Å². The van der Waals surface area contributed by atoms with Crippen LogP contribution in [-0.2, 0) is 0 Å². The van der Waals surface area contributed by atoms with Crippen LogP contribution in [0, 0.1) is 0 Å². The molecule has 2 N–H and O–H groups in total. The number of aliphatic hydroxyl groups excluding tert-OH is 1. The molecule has 0 saturated heterocycles. The number of thioether (sulfide) groups is 1. The van der Waals surface area contributed by atoms with Crippen molar-refractivity contribution in [2.24, 2.45) is 0 Å². The van der Waals surface area contributed by atoms with Gasteiger partial charge in [-0.05, 0) is 5.56 Å². The number of anilines is 1. The Bertz CT molecular complexity index is 516. The molecule has 1 unspecified atom stereocenters.